The van der Waals surface area contributed by atoms with Crippen LogP contribution in [0.3, 0.4) is 0 Å². The molecule has 0 aliphatic carbocycles. The lowest BCUT2D eigenvalue weighted by Crippen LogP contribution is -2.43. The molecule has 0 radical (unpaired) electrons. The van der Waals surface area contributed by atoms with E-state index in [0.29, 0.717) is 0 Å². The van der Waals surface area contributed by atoms with Gasteiger partial charge in [-0.1, -0.05) is 6.07 Å². The summed E-state index contributed by atoms with van der Waals surface area (Å²) in [5.41, 5.74) is 9.63. The van der Waals surface area contributed by atoms with Gasteiger partial charge in [0.1, 0.15) is 5.75 Å². The first-order chi connectivity index (χ1) is 8.33. The van der Waals surface area contributed by atoms with Gasteiger partial charge in [-0.25, -0.2) is 0 Å². The molecule has 3 heteroatoms. The predicted octanol–water partition coefficient (Wildman–Crippen LogP) is 2.18. The monoisotopic (exact) mass is 250 g/mol. The molecule has 0 heterocycles. The molecule has 0 unspecified atom stereocenters. The summed E-state index contributed by atoms with van der Waals surface area (Å²) in [5, 5.41) is 3.39. The molecule has 1 aromatic carbocycles. The number of benzene rings is 1. The van der Waals surface area contributed by atoms with Gasteiger partial charge in [-0.05, 0) is 63.4 Å². The molecule has 0 aromatic heterocycles. The van der Waals surface area contributed by atoms with Gasteiger partial charge in [0.25, 0.3) is 0 Å². The SMILES string of the molecule is COc1cc(C)c(CCNCC(C)(C)N)cc1C. The summed E-state index contributed by atoms with van der Waals surface area (Å²) < 4.78 is 5.32. The average molecular weight is 250 g/mol. The van der Waals surface area contributed by atoms with Crippen molar-refractivity contribution in [1.29, 1.82) is 0 Å². The molecule has 1 aromatic rings. The third-order valence-corrected chi connectivity index (χ3v) is 3.01. The molecule has 0 amide bonds. The number of methoxy groups -OCH3 is 1. The Morgan fingerprint density at radius 3 is 2.44 bits per heavy atom. The van der Waals surface area contributed by atoms with Gasteiger partial charge in [-0.3, -0.25) is 0 Å². The number of hydrogen-bond acceptors (Lipinski definition) is 3. The summed E-state index contributed by atoms with van der Waals surface area (Å²) >= 11 is 0. The van der Waals surface area contributed by atoms with Crippen LogP contribution in [0.25, 0.3) is 0 Å². The van der Waals surface area contributed by atoms with Crippen LogP contribution in [0, 0.1) is 13.8 Å². The minimum absolute atomic E-state index is 0.148. The lowest BCUT2D eigenvalue weighted by molar-refractivity contribution is 0.411. The Labute approximate surface area is 111 Å². The third-order valence-electron chi connectivity index (χ3n) is 3.01. The highest BCUT2D eigenvalue weighted by molar-refractivity contribution is 5.41. The molecular formula is C15H26N2O. The maximum atomic E-state index is 5.93. The van der Waals surface area contributed by atoms with E-state index in [1.54, 1.807) is 7.11 Å². The Morgan fingerprint density at radius 1 is 1.22 bits per heavy atom. The fraction of sp³-hybridized carbons (Fsp3) is 0.600. The molecule has 3 nitrogen and oxygen atoms in total. The normalized spacial score (nSPS) is 11.7. The first-order valence-corrected chi connectivity index (χ1v) is 6.47. The molecule has 0 aliphatic rings. The Balaban J connectivity index is 2.55. The molecule has 0 atom stereocenters. The smallest absolute Gasteiger partial charge is 0.122 e. The summed E-state index contributed by atoms with van der Waals surface area (Å²) in [7, 11) is 1.71. The van der Waals surface area contributed by atoms with Crippen LogP contribution in [0.1, 0.15) is 30.5 Å². The van der Waals surface area contributed by atoms with Crippen molar-refractivity contribution in [1.82, 2.24) is 5.32 Å². The van der Waals surface area contributed by atoms with Crippen LogP contribution in [0.4, 0.5) is 0 Å². The largest absolute Gasteiger partial charge is 0.496 e. The maximum absolute atomic E-state index is 5.93. The van der Waals surface area contributed by atoms with E-state index in [1.165, 1.54) is 16.7 Å². The van der Waals surface area contributed by atoms with E-state index in [9.17, 15) is 0 Å². The minimum Gasteiger partial charge on any atom is -0.496 e. The number of ether oxygens (including phenoxy) is 1. The molecule has 1 rings (SSSR count). The zero-order chi connectivity index (χ0) is 13.8. The predicted molar refractivity (Wildman–Crippen MR) is 77.3 cm³/mol. The Bertz CT molecular complexity index is 394. The van der Waals surface area contributed by atoms with Crippen LogP contribution in [-0.2, 0) is 6.42 Å². The minimum atomic E-state index is -0.148. The van der Waals surface area contributed by atoms with E-state index in [-0.39, 0.29) is 5.54 Å². The highest BCUT2D eigenvalue weighted by Crippen LogP contribution is 2.22. The fourth-order valence-corrected chi connectivity index (χ4v) is 1.97. The van der Waals surface area contributed by atoms with Crippen LogP contribution >= 0.6 is 0 Å². The van der Waals surface area contributed by atoms with E-state index in [2.05, 4.69) is 31.3 Å². The van der Waals surface area contributed by atoms with E-state index >= 15 is 0 Å². The molecule has 0 spiro atoms. The van der Waals surface area contributed by atoms with E-state index in [1.807, 2.05) is 13.8 Å². The first-order valence-electron chi connectivity index (χ1n) is 6.47. The Kier molecular flexibility index (Phi) is 5.17. The lowest BCUT2D eigenvalue weighted by atomic mass is 10.0. The fourth-order valence-electron chi connectivity index (χ4n) is 1.97. The van der Waals surface area contributed by atoms with Crippen LogP contribution in [-0.4, -0.2) is 25.7 Å². The number of rotatable bonds is 6. The van der Waals surface area contributed by atoms with Crippen molar-refractivity contribution in [3.05, 3.63) is 28.8 Å². The van der Waals surface area contributed by atoms with Crippen molar-refractivity contribution < 1.29 is 4.74 Å². The Hall–Kier alpha value is -1.06. The van der Waals surface area contributed by atoms with Crippen molar-refractivity contribution in [2.75, 3.05) is 20.2 Å². The van der Waals surface area contributed by atoms with Gasteiger partial charge in [0.05, 0.1) is 7.11 Å². The molecule has 102 valence electrons. The van der Waals surface area contributed by atoms with E-state index in [4.69, 9.17) is 10.5 Å². The molecule has 0 aliphatic heterocycles. The second-order valence-electron chi connectivity index (χ2n) is 5.66. The van der Waals surface area contributed by atoms with Gasteiger partial charge in [-0.15, -0.1) is 0 Å². The van der Waals surface area contributed by atoms with E-state index in [0.717, 1.165) is 25.3 Å². The van der Waals surface area contributed by atoms with Crippen molar-refractivity contribution >= 4 is 0 Å². The summed E-state index contributed by atoms with van der Waals surface area (Å²) in [6.07, 6.45) is 1.02. The molecule has 18 heavy (non-hydrogen) atoms. The number of nitrogens with two attached hydrogens (primary N) is 1. The lowest BCUT2D eigenvalue weighted by Gasteiger charge is -2.19. The molecule has 0 bridgehead atoms. The van der Waals surface area contributed by atoms with Gasteiger partial charge in [-0.2, -0.15) is 0 Å². The molecule has 0 saturated carbocycles. The second kappa shape index (κ2) is 6.21. The van der Waals surface area contributed by atoms with Crippen molar-refractivity contribution in [2.45, 2.75) is 39.7 Å². The van der Waals surface area contributed by atoms with Gasteiger partial charge in [0.15, 0.2) is 0 Å². The van der Waals surface area contributed by atoms with Gasteiger partial charge in [0, 0.05) is 12.1 Å². The summed E-state index contributed by atoms with van der Waals surface area (Å²) in [4.78, 5) is 0. The molecule has 0 saturated heterocycles. The molecule has 3 N–H and O–H groups in total. The highest BCUT2D eigenvalue weighted by atomic mass is 16.5. The quantitative estimate of drug-likeness (QED) is 0.761. The standard InChI is InChI=1S/C15H26N2O/c1-11-9-14(18-5)12(2)8-13(11)6-7-17-10-15(3,4)16/h8-9,17H,6-7,10,16H2,1-5H3. The third kappa shape index (κ3) is 4.67. The van der Waals surface area contributed by atoms with Crippen LogP contribution in [0.15, 0.2) is 12.1 Å². The summed E-state index contributed by atoms with van der Waals surface area (Å²) in [5.74, 6) is 0.965. The van der Waals surface area contributed by atoms with Crippen molar-refractivity contribution in [2.24, 2.45) is 5.73 Å². The van der Waals surface area contributed by atoms with Crippen molar-refractivity contribution in [3.8, 4) is 5.75 Å². The summed E-state index contributed by atoms with van der Waals surface area (Å²) in [6, 6.07) is 4.32. The number of aryl methyl sites for hydroxylation is 2. The maximum Gasteiger partial charge on any atom is 0.122 e. The van der Waals surface area contributed by atoms with Crippen LogP contribution in [0.5, 0.6) is 5.75 Å². The molecule has 0 fully saturated rings. The van der Waals surface area contributed by atoms with Crippen LogP contribution < -0.4 is 15.8 Å². The second-order valence-corrected chi connectivity index (χ2v) is 5.66. The zero-order valence-corrected chi connectivity index (χ0v) is 12.3. The Morgan fingerprint density at radius 2 is 1.89 bits per heavy atom. The van der Waals surface area contributed by atoms with Gasteiger partial charge >= 0.3 is 0 Å². The number of nitrogens with one attached hydrogen (secondary N) is 1. The first kappa shape index (κ1) is 15.0. The highest BCUT2D eigenvalue weighted by Gasteiger charge is 2.09. The van der Waals surface area contributed by atoms with E-state index < -0.39 is 0 Å². The van der Waals surface area contributed by atoms with Crippen molar-refractivity contribution in [3.63, 3.8) is 0 Å². The summed E-state index contributed by atoms with van der Waals surface area (Å²) in [6.45, 7) is 10.1. The van der Waals surface area contributed by atoms with Crippen LogP contribution in [0.2, 0.25) is 0 Å². The van der Waals surface area contributed by atoms with Gasteiger partial charge in [0.2, 0.25) is 0 Å². The number of hydrogen-bond donors (Lipinski definition) is 2. The van der Waals surface area contributed by atoms with Gasteiger partial charge < -0.3 is 15.8 Å². The average Bonchev–Trinajstić information content (AvgIpc) is 2.27. The zero-order valence-electron chi connectivity index (χ0n) is 12.3. The topological polar surface area (TPSA) is 47.3 Å². The molecular weight excluding hydrogens is 224 g/mol.